The number of nitrogens with zero attached hydrogens (tertiary/aromatic N) is 4. The van der Waals surface area contributed by atoms with Crippen LogP contribution in [-0.4, -0.2) is 20.2 Å². The Bertz CT molecular complexity index is 906. The first-order valence-electron chi connectivity index (χ1n) is 9.81. The second kappa shape index (κ2) is 7.63. The molecule has 0 radical (unpaired) electrons. The fraction of sp³-hybridized carbons (Fsp3) is 0.435. The predicted octanol–water partition coefficient (Wildman–Crippen LogP) is 5.91. The second-order valence-electron chi connectivity index (χ2n) is 8.21. The van der Waals surface area contributed by atoms with E-state index in [9.17, 15) is 0 Å². The first-order chi connectivity index (χ1) is 12.8. The molecule has 4 heteroatoms. The number of hydrogen-bond acceptors (Lipinski definition) is 3. The summed E-state index contributed by atoms with van der Waals surface area (Å²) in [5, 5.41) is 12.2. The maximum Gasteiger partial charge on any atom is 0.182 e. The van der Waals surface area contributed by atoms with Gasteiger partial charge in [0.15, 0.2) is 5.82 Å². The summed E-state index contributed by atoms with van der Waals surface area (Å²) < 4.78 is 1.74. The zero-order chi connectivity index (χ0) is 19.7. The number of benzene rings is 2. The molecule has 3 rings (SSSR count). The summed E-state index contributed by atoms with van der Waals surface area (Å²) in [4.78, 5) is 0. The van der Waals surface area contributed by atoms with E-state index in [2.05, 4.69) is 93.5 Å². The number of aryl methyl sites for hydroxylation is 1. The van der Waals surface area contributed by atoms with Crippen LogP contribution in [0.5, 0.6) is 0 Å². The molecule has 0 atom stereocenters. The molecule has 0 saturated heterocycles. The number of hydrogen-bond donors (Lipinski definition) is 0. The summed E-state index contributed by atoms with van der Waals surface area (Å²) >= 11 is 0. The van der Waals surface area contributed by atoms with Gasteiger partial charge >= 0.3 is 0 Å². The molecule has 0 amide bonds. The lowest BCUT2D eigenvalue weighted by Gasteiger charge is -2.24. The van der Waals surface area contributed by atoms with Crippen LogP contribution in [-0.2, 0) is 7.05 Å². The zero-order valence-corrected chi connectivity index (χ0v) is 17.5. The van der Waals surface area contributed by atoms with Gasteiger partial charge in [-0.1, -0.05) is 77.9 Å². The van der Waals surface area contributed by atoms with Gasteiger partial charge < -0.3 is 0 Å². The highest BCUT2D eigenvalue weighted by molar-refractivity contribution is 5.85. The Morgan fingerprint density at radius 3 is 1.78 bits per heavy atom. The lowest BCUT2D eigenvalue weighted by Crippen LogP contribution is -2.05. The monoisotopic (exact) mass is 362 g/mol. The van der Waals surface area contributed by atoms with E-state index in [-0.39, 0.29) is 0 Å². The Labute approximate surface area is 162 Å². The molecule has 0 aliphatic carbocycles. The average Bonchev–Trinajstić information content (AvgIpc) is 3.06. The molecule has 142 valence electrons. The second-order valence-corrected chi connectivity index (χ2v) is 8.21. The summed E-state index contributed by atoms with van der Waals surface area (Å²) in [5.41, 5.74) is 7.82. The first kappa shape index (κ1) is 19.3. The van der Waals surface area contributed by atoms with Crippen molar-refractivity contribution in [1.82, 2.24) is 20.2 Å². The van der Waals surface area contributed by atoms with Crippen LogP contribution in [0.4, 0.5) is 0 Å². The van der Waals surface area contributed by atoms with Gasteiger partial charge in [0.05, 0.1) is 0 Å². The fourth-order valence-electron chi connectivity index (χ4n) is 3.62. The quantitative estimate of drug-likeness (QED) is 0.566. The van der Waals surface area contributed by atoms with E-state index >= 15 is 0 Å². The van der Waals surface area contributed by atoms with Gasteiger partial charge in [-0.3, -0.25) is 0 Å². The summed E-state index contributed by atoms with van der Waals surface area (Å²) in [5.74, 6) is 2.17. The van der Waals surface area contributed by atoms with Gasteiger partial charge in [-0.25, -0.2) is 4.68 Å². The van der Waals surface area contributed by atoms with E-state index in [1.807, 2.05) is 7.05 Å². The summed E-state index contributed by atoms with van der Waals surface area (Å²) in [7, 11) is 1.89. The van der Waals surface area contributed by atoms with Crippen LogP contribution in [0.3, 0.4) is 0 Å². The van der Waals surface area contributed by atoms with E-state index in [1.54, 1.807) is 4.68 Å². The van der Waals surface area contributed by atoms with E-state index in [0.717, 1.165) is 11.4 Å². The number of tetrazole rings is 1. The highest BCUT2D eigenvalue weighted by atomic mass is 15.5. The molecule has 0 spiro atoms. The third-order valence-corrected chi connectivity index (χ3v) is 5.19. The van der Waals surface area contributed by atoms with Crippen LogP contribution in [0.25, 0.3) is 22.5 Å². The van der Waals surface area contributed by atoms with Crippen molar-refractivity contribution in [1.29, 1.82) is 0 Å². The van der Waals surface area contributed by atoms with Gasteiger partial charge in [-0.2, -0.15) is 0 Å². The molecule has 0 saturated carbocycles. The van der Waals surface area contributed by atoms with Crippen molar-refractivity contribution in [2.24, 2.45) is 7.05 Å². The largest absolute Gasteiger partial charge is 0.229 e. The third kappa shape index (κ3) is 3.66. The summed E-state index contributed by atoms with van der Waals surface area (Å²) in [6.07, 6.45) is 0. The minimum Gasteiger partial charge on any atom is -0.229 e. The Morgan fingerprint density at radius 1 is 0.778 bits per heavy atom. The van der Waals surface area contributed by atoms with Crippen LogP contribution in [0.15, 0.2) is 36.4 Å². The van der Waals surface area contributed by atoms with Gasteiger partial charge in [-0.05, 0) is 56.0 Å². The molecule has 2 aromatic carbocycles. The molecule has 1 heterocycles. The van der Waals surface area contributed by atoms with Crippen molar-refractivity contribution in [2.45, 2.75) is 59.3 Å². The van der Waals surface area contributed by atoms with Gasteiger partial charge in [-0.15, -0.1) is 5.10 Å². The zero-order valence-electron chi connectivity index (χ0n) is 17.5. The fourth-order valence-corrected chi connectivity index (χ4v) is 3.62. The van der Waals surface area contributed by atoms with E-state index in [4.69, 9.17) is 0 Å². The highest BCUT2D eigenvalue weighted by Crippen LogP contribution is 2.42. The van der Waals surface area contributed by atoms with Crippen LogP contribution in [0.1, 0.15) is 76.0 Å². The minimum atomic E-state index is 0.432. The molecule has 3 aromatic rings. The molecule has 0 N–H and O–H groups in total. The standard InChI is InChI=1S/C23H30N4/c1-14(2)17-12-20(15(3)4)22(21(13-17)16(5)6)18-10-8-9-11-19(18)23-24-25-26-27(23)7/h8-16H,1-7H3. The maximum absolute atomic E-state index is 4.27. The normalized spacial score (nSPS) is 11.8. The Hall–Kier alpha value is -2.49. The lowest BCUT2D eigenvalue weighted by molar-refractivity contribution is 0.715. The van der Waals surface area contributed by atoms with Crippen LogP contribution >= 0.6 is 0 Å². The maximum atomic E-state index is 4.27. The third-order valence-electron chi connectivity index (χ3n) is 5.19. The molecule has 1 aromatic heterocycles. The van der Waals surface area contributed by atoms with E-state index < -0.39 is 0 Å². The first-order valence-corrected chi connectivity index (χ1v) is 9.81. The lowest BCUT2D eigenvalue weighted by atomic mass is 9.80. The summed E-state index contributed by atoms with van der Waals surface area (Å²) in [6, 6.07) is 13.3. The molecular formula is C23H30N4. The highest BCUT2D eigenvalue weighted by Gasteiger charge is 2.22. The van der Waals surface area contributed by atoms with Crippen molar-refractivity contribution in [3.63, 3.8) is 0 Å². The van der Waals surface area contributed by atoms with Gasteiger partial charge in [0.2, 0.25) is 0 Å². The van der Waals surface area contributed by atoms with Crippen molar-refractivity contribution in [2.75, 3.05) is 0 Å². The topological polar surface area (TPSA) is 43.6 Å². The van der Waals surface area contributed by atoms with Crippen molar-refractivity contribution in [3.05, 3.63) is 53.1 Å². The molecule has 27 heavy (non-hydrogen) atoms. The Kier molecular flexibility index (Phi) is 5.45. The van der Waals surface area contributed by atoms with Crippen LogP contribution in [0.2, 0.25) is 0 Å². The van der Waals surface area contributed by atoms with Gasteiger partial charge in [0, 0.05) is 12.6 Å². The van der Waals surface area contributed by atoms with E-state index in [1.165, 1.54) is 27.8 Å². The minimum absolute atomic E-state index is 0.432. The van der Waals surface area contributed by atoms with Gasteiger partial charge in [0.25, 0.3) is 0 Å². The number of rotatable bonds is 5. The van der Waals surface area contributed by atoms with Crippen molar-refractivity contribution >= 4 is 0 Å². The van der Waals surface area contributed by atoms with Gasteiger partial charge in [0.1, 0.15) is 0 Å². The molecule has 0 aliphatic heterocycles. The molecule has 0 fully saturated rings. The Balaban J connectivity index is 2.37. The van der Waals surface area contributed by atoms with Crippen molar-refractivity contribution in [3.8, 4) is 22.5 Å². The molecular weight excluding hydrogens is 332 g/mol. The molecule has 4 nitrogen and oxygen atoms in total. The molecule has 0 aliphatic rings. The van der Waals surface area contributed by atoms with E-state index in [0.29, 0.717) is 17.8 Å². The molecule has 0 unspecified atom stereocenters. The van der Waals surface area contributed by atoms with Crippen LogP contribution in [0, 0.1) is 0 Å². The Morgan fingerprint density at radius 2 is 1.33 bits per heavy atom. The number of aromatic nitrogens is 4. The predicted molar refractivity (Wildman–Crippen MR) is 112 cm³/mol. The average molecular weight is 363 g/mol. The smallest absolute Gasteiger partial charge is 0.182 e. The van der Waals surface area contributed by atoms with Crippen molar-refractivity contribution < 1.29 is 0 Å². The molecule has 0 bridgehead atoms. The van der Waals surface area contributed by atoms with Crippen LogP contribution < -0.4 is 0 Å². The SMILES string of the molecule is CC(C)c1cc(C(C)C)c(-c2ccccc2-c2nnnn2C)c(C(C)C)c1. The summed E-state index contributed by atoms with van der Waals surface area (Å²) in [6.45, 7) is 13.6.